The number of nitrogens with two attached hydrogens (primary N) is 1. The van der Waals surface area contributed by atoms with Crippen molar-refractivity contribution in [3.8, 4) is 0 Å². The second-order valence-electron chi connectivity index (χ2n) is 3.35. The first-order valence-corrected chi connectivity index (χ1v) is 4.40. The highest BCUT2D eigenvalue weighted by Gasteiger charge is 2.34. The van der Waals surface area contributed by atoms with Crippen molar-refractivity contribution in [2.24, 2.45) is 5.73 Å². The second-order valence-corrected chi connectivity index (χ2v) is 3.35. The Morgan fingerprint density at radius 1 is 1.38 bits per heavy atom. The van der Waals surface area contributed by atoms with Crippen LogP contribution in [0.5, 0.6) is 0 Å². The van der Waals surface area contributed by atoms with Gasteiger partial charge in [-0.2, -0.15) is 13.2 Å². The van der Waals surface area contributed by atoms with Gasteiger partial charge < -0.3 is 5.73 Å². The topological polar surface area (TPSA) is 43.1 Å². The van der Waals surface area contributed by atoms with Gasteiger partial charge in [-0.15, -0.1) is 0 Å². The zero-order valence-electron chi connectivity index (χ0n) is 8.31. The summed E-state index contributed by atoms with van der Waals surface area (Å²) in [4.78, 5) is 11.3. The van der Waals surface area contributed by atoms with Crippen molar-refractivity contribution in [2.45, 2.75) is 19.1 Å². The van der Waals surface area contributed by atoms with E-state index in [1.807, 2.05) is 0 Å². The van der Waals surface area contributed by atoms with Crippen LogP contribution in [0, 0.1) is 5.82 Å². The van der Waals surface area contributed by atoms with E-state index in [1.165, 1.54) is 6.92 Å². The molecule has 0 aliphatic rings. The van der Waals surface area contributed by atoms with Crippen LogP contribution in [0.1, 0.15) is 22.8 Å². The zero-order valence-corrected chi connectivity index (χ0v) is 8.31. The summed E-state index contributed by atoms with van der Waals surface area (Å²) in [6.45, 7) is 1.37. The molecule has 1 aromatic carbocycles. The van der Waals surface area contributed by atoms with Crippen LogP contribution in [0.2, 0.25) is 0 Å². The number of ketones is 1. The molecule has 0 amide bonds. The minimum atomic E-state index is -4.76. The Hall–Kier alpha value is -1.43. The normalized spacial score (nSPS) is 13.6. The van der Waals surface area contributed by atoms with Crippen molar-refractivity contribution < 1.29 is 22.4 Å². The molecule has 2 N–H and O–H groups in total. The molecule has 0 aromatic heterocycles. The third kappa shape index (κ3) is 2.57. The lowest BCUT2D eigenvalue weighted by molar-refractivity contribution is -0.140. The number of hydrogen-bond acceptors (Lipinski definition) is 2. The van der Waals surface area contributed by atoms with Crippen LogP contribution in [0.4, 0.5) is 17.6 Å². The van der Waals surface area contributed by atoms with Crippen LogP contribution in [0.15, 0.2) is 18.2 Å². The minimum Gasteiger partial charge on any atom is -0.321 e. The highest BCUT2D eigenvalue weighted by atomic mass is 19.4. The summed E-state index contributed by atoms with van der Waals surface area (Å²) in [5.41, 5.74) is 3.69. The fourth-order valence-electron chi connectivity index (χ4n) is 1.16. The highest BCUT2D eigenvalue weighted by Crippen LogP contribution is 2.31. The number of Topliss-reactive ketones (excluding diaryl/α,β-unsaturated/α-hetero) is 1. The van der Waals surface area contributed by atoms with E-state index in [-0.39, 0.29) is 5.56 Å². The lowest BCUT2D eigenvalue weighted by atomic mass is 10.0. The van der Waals surface area contributed by atoms with Gasteiger partial charge in [-0.1, -0.05) is 6.07 Å². The van der Waals surface area contributed by atoms with Gasteiger partial charge in [0.1, 0.15) is 5.82 Å². The average Bonchev–Trinajstić information content (AvgIpc) is 2.14. The third-order valence-corrected chi connectivity index (χ3v) is 1.97. The lowest BCUT2D eigenvalue weighted by Gasteiger charge is -2.09. The lowest BCUT2D eigenvalue weighted by Crippen LogP contribution is -2.26. The smallest absolute Gasteiger partial charge is 0.321 e. The molecule has 2 nitrogen and oxygen atoms in total. The molecule has 0 saturated carbocycles. The zero-order chi connectivity index (χ0) is 12.5. The summed E-state index contributed by atoms with van der Waals surface area (Å²) in [6, 6.07) is 1.12. The van der Waals surface area contributed by atoms with E-state index in [0.717, 1.165) is 6.07 Å². The third-order valence-electron chi connectivity index (χ3n) is 1.97. The number of halogens is 4. The van der Waals surface area contributed by atoms with Crippen molar-refractivity contribution >= 4 is 5.78 Å². The first kappa shape index (κ1) is 12.6. The van der Waals surface area contributed by atoms with Gasteiger partial charge in [-0.25, -0.2) is 4.39 Å². The van der Waals surface area contributed by atoms with Crippen LogP contribution >= 0.6 is 0 Å². The van der Waals surface area contributed by atoms with E-state index in [4.69, 9.17) is 5.73 Å². The van der Waals surface area contributed by atoms with Gasteiger partial charge in [0.2, 0.25) is 0 Å². The molecule has 1 unspecified atom stereocenters. The predicted molar refractivity (Wildman–Crippen MR) is 49.4 cm³/mol. The summed E-state index contributed by atoms with van der Waals surface area (Å²) < 4.78 is 49.6. The first-order chi connectivity index (χ1) is 7.23. The van der Waals surface area contributed by atoms with Crippen molar-refractivity contribution in [1.82, 2.24) is 0 Å². The molecular weight excluding hydrogens is 226 g/mol. The van der Waals surface area contributed by atoms with E-state index < -0.39 is 29.4 Å². The Morgan fingerprint density at radius 3 is 2.31 bits per heavy atom. The van der Waals surface area contributed by atoms with Crippen molar-refractivity contribution in [2.75, 3.05) is 0 Å². The Balaban J connectivity index is 3.15. The molecule has 16 heavy (non-hydrogen) atoms. The highest BCUT2D eigenvalue weighted by molar-refractivity contribution is 5.99. The molecule has 0 bridgehead atoms. The van der Waals surface area contributed by atoms with Gasteiger partial charge >= 0.3 is 6.18 Å². The number of alkyl halides is 3. The Kier molecular flexibility index (Phi) is 3.32. The first-order valence-electron chi connectivity index (χ1n) is 4.40. The van der Waals surface area contributed by atoms with E-state index in [2.05, 4.69) is 0 Å². The molecule has 1 rings (SSSR count). The molecule has 0 aliphatic carbocycles. The second kappa shape index (κ2) is 4.21. The summed E-state index contributed by atoms with van der Waals surface area (Å²) >= 11 is 0. The molecule has 1 atom stereocenters. The van der Waals surface area contributed by atoms with Crippen molar-refractivity contribution in [3.63, 3.8) is 0 Å². The van der Waals surface area contributed by atoms with Gasteiger partial charge in [0.25, 0.3) is 0 Å². The number of carbonyl (C=O) groups excluding carboxylic acids is 1. The van der Waals surface area contributed by atoms with Crippen molar-refractivity contribution in [1.29, 1.82) is 0 Å². The van der Waals surface area contributed by atoms with Gasteiger partial charge in [0.15, 0.2) is 5.78 Å². The summed E-state index contributed by atoms with van der Waals surface area (Å²) in [6.07, 6.45) is -4.76. The van der Waals surface area contributed by atoms with E-state index in [1.54, 1.807) is 0 Å². The maximum absolute atomic E-state index is 13.1. The van der Waals surface area contributed by atoms with Crippen LogP contribution in [0.25, 0.3) is 0 Å². The largest absolute Gasteiger partial charge is 0.419 e. The number of rotatable bonds is 2. The van der Waals surface area contributed by atoms with Crippen LogP contribution in [0.3, 0.4) is 0 Å². The van der Waals surface area contributed by atoms with Crippen molar-refractivity contribution in [3.05, 3.63) is 35.1 Å². The van der Waals surface area contributed by atoms with Crippen LogP contribution in [-0.2, 0) is 6.18 Å². The van der Waals surface area contributed by atoms with E-state index in [9.17, 15) is 22.4 Å². The van der Waals surface area contributed by atoms with Gasteiger partial charge in [-0.3, -0.25) is 4.79 Å². The predicted octanol–water partition coefficient (Wildman–Crippen LogP) is 2.37. The quantitative estimate of drug-likeness (QED) is 0.631. The number of carbonyl (C=O) groups is 1. The summed E-state index contributed by atoms with van der Waals surface area (Å²) in [5, 5.41) is 0. The molecule has 0 fully saturated rings. The van der Waals surface area contributed by atoms with Crippen LogP contribution in [-0.4, -0.2) is 11.8 Å². The number of benzene rings is 1. The molecule has 0 spiro atoms. The molecular formula is C10H9F4NO. The monoisotopic (exact) mass is 235 g/mol. The van der Waals surface area contributed by atoms with Crippen LogP contribution < -0.4 is 5.73 Å². The van der Waals surface area contributed by atoms with Gasteiger partial charge in [0, 0.05) is 5.56 Å². The molecule has 1 aromatic rings. The maximum Gasteiger partial charge on any atom is 0.419 e. The Morgan fingerprint density at radius 2 is 1.94 bits per heavy atom. The van der Waals surface area contributed by atoms with E-state index in [0.29, 0.717) is 12.1 Å². The van der Waals surface area contributed by atoms with Gasteiger partial charge in [0.05, 0.1) is 11.6 Å². The molecule has 0 saturated heterocycles. The molecule has 0 aliphatic heterocycles. The maximum atomic E-state index is 13.1. The standard InChI is InChI=1S/C10H9F4NO/c1-5(15)9(16)6-2-3-7(8(11)4-6)10(12,13)14/h2-5H,15H2,1H3. The fourth-order valence-corrected chi connectivity index (χ4v) is 1.16. The Bertz CT molecular complexity index is 412. The molecule has 6 heteroatoms. The van der Waals surface area contributed by atoms with Gasteiger partial charge in [-0.05, 0) is 19.1 Å². The molecule has 88 valence electrons. The molecule has 0 radical (unpaired) electrons. The minimum absolute atomic E-state index is 0.166. The Labute approximate surface area is 89.1 Å². The average molecular weight is 235 g/mol. The summed E-state index contributed by atoms with van der Waals surface area (Å²) in [7, 11) is 0. The number of hydrogen-bond donors (Lipinski definition) is 1. The fraction of sp³-hybridized carbons (Fsp3) is 0.300. The SMILES string of the molecule is CC(N)C(=O)c1ccc(C(F)(F)F)c(F)c1. The summed E-state index contributed by atoms with van der Waals surface area (Å²) in [5.74, 6) is -2.08. The van der Waals surface area contributed by atoms with E-state index >= 15 is 0 Å². The molecule has 0 heterocycles.